The lowest BCUT2D eigenvalue weighted by Crippen LogP contribution is -2.44. The maximum Gasteiger partial charge on any atom is 0.222 e. The van der Waals surface area contributed by atoms with Crippen LogP contribution in [-0.2, 0) is 9.53 Å². The van der Waals surface area contributed by atoms with Crippen LogP contribution in [0.15, 0.2) is 0 Å². The van der Waals surface area contributed by atoms with Crippen LogP contribution < -0.4 is 10.6 Å². The van der Waals surface area contributed by atoms with Crippen molar-refractivity contribution in [3.8, 4) is 6.07 Å². The smallest absolute Gasteiger partial charge is 0.222 e. The molecule has 1 heterocycles. The van der Waals surface area contributed by atoms with Crippen LogP contribution in [0.3, 0.4) is 0 Å². The van der Waals surface area contributed by atoms with E-state index in [-0.39, 0.29) is 18.5 Å². The van der Waals surface area contributed by atoms with Crippen molar-refractivity contribution in [2.24, 2.45) is 0 Å². The molecule has 0 spiro atoms. The van der Waals surface area contributed by atoms with Crippen molar-refractivity contribution in [2.75, 3.05) is 26.3 Å². The van der Waals surface area contributed by atoms with Crippen molar-refractivity contribution < 1.29 is 9.53 Å². The average Bonchev–Trinajstić information content (AvgIpc) is 2.16. The van der Waals surface area contributed by atoms with Crippen LogP contribution in [0.4, 0.5) is 0 Å². The minimum absolute atomic E-state index is 0.0758. The number of rotatable bonds is 3. The highest BCUT2D eigenvalue weighted by atomic mass is 16.5. The summed E-state index contributed by atoms with van der Waals surface area (Å²) in [6.07, 6.45) is 0.377. The molecule has 0 aromatic rings. The van der Waals surface area contributed by atoms with Gasteiger partial charge in [-0.05, 0) is 0 Å². The molecule has 13 heavy (non-hydrogen) atoms. The summed E-state index contributed by atoms with van der Waals surface area (Å²) in [5.41, 5.74) is 0. The molecule has 0 aromatic heterocycles. The summed E-state index contributed by atoms with van der Waals surface area (Å²) in [6.45, 7) is 2.14. The van der Waals surface area contributed by atoms with Crippen LogP contribution in [0.2, 0.25) is 0 Å². The zero-order valence-electron chi connectivity index (χ0n) is 7.38. The minimum Gasteiger partial charge on any atom is -0.378 e. The predicted molar refractivity (Wildman–Crippen MR) is 45.8 cm³/mol. The van der Waals surface area contributed by atoms with Gasteiger partial charge in [0.1, 0.15) is 6.54 Å². The Kier molecular flexibility index (Phi) is 4.23. The highest BCUT2D eigenvalue weighted by Gasteiger charge is 2.16. The SMILES string of the molecule is N#CCNC(=O)CC1COCCN1. The Balaban J connectivity index is 2.15. The van der Waals surface area contributed by atoms with E-state index in [4.69, 9.17) is 10.00 Å². The average molecular weight is 183 g/mol. The third kappa shape index (κ3) is 3.87. The number of hydrogen-bond acceptors (Lipinski definition) is 4. The van der Waals surface area contributed by atoms with Crippen molar-refractivity contribution in [2.45, 2.75) is 12.5 Å². The third-order valence-electron chi connectivity index (χ3n) is 1.79. The van der Waals surface area contributed by atoms with E-state index in [1.165, 1.54) is 0 Å². The minimum atomic E-state index is -0.107. The number of nitrogens with one attached hydrogen (secondary N) is 2. The molecule has 1 rings (SSSR count). The largest absolute Gasteiger partial charge is 0.378 e. The van der Waals surface area contributed by atoms with Crippen LogP contribution in [-0.4, -0.2) is 38.3 Å². The van der Waals surface area contributed by atoms with Gasteiger partial charge in [-0.3, -0.25) is 4.79 Å². The van der Waals surface area contributed by atoms with E-state index >= 15 is 0 Å². The Morgan fingerprint density at radius 2 is 2.62 bits per heavy atom. The first kappa shape index (κ1) is 9.96. The van der Waals surface area contributed by atoms with Gasteiger partial charge in [0, 0.05) is 19.0 Å². The third-order valence-corrected chi connectivity index (χ3v) is 1.79. The number of nitrogens with zero attached hydrogens (tertiary/aromatic N) is 1. The van der Waals surface area contributed by atoms with Gasteiger partial charge in [0.25, 0.3) is 0 Å². The number of carbonyl (C=O) groups excluding carboxylic acids is 1. The summed E-state index contributed by atoms with van der Waals surface area (Å²) in [5, 5.41) is 13.9. The summed E-state index contributed by atoms with van der Waals surface area (Å²) in [5.74, 6) is -0.107. The van der Waals surface area contributed by atoms with Crippen molar-refractivity contribution in [1.29, 1.82) is 5.26 Å². The molecule has 1 amide bonds. The molecule has 1 atom stereocenters. The van der Waals surface area contributed by atoms with E-state index in [1.54, 1.807) is 0 Å². The topological polar surface area (TPSA) is 74.2 Å². The fourth-order valence-electron chi connectivity index (χ4n) is 1.18. The lowest BCUT2D eigenvalue weighted by Gasteiger charge is -2.22. The summed E-state index contributed by atoms with van der Waals surface area (Å²) in [7, 11) is 0. The summed E-state index contributed by atoms with van der Waals surface area (Å²) >= 11 is 0. The molecule has 0 aliphatic carbocycles. The van der Waals surface area contributed by atoms with Crippen LogP contribution >= 0.6 is 0 Å². The fraction of sp³-hybridized carbons (Fsp3) is 0.750. The summed E-state index contributed by atoms with van der Waals surface area (Å²) < 4.78 is 5.18. The molecule has 0 bridgehead atoms. The number of carbonyl (C=O) groups is 1. The van der Waals surface area contributed by atoms with E-state index in [0.29, 0.717) is 19.6 Å². The Hall–Kier alpha value is -1.12. The van der Waals surface area contributed by atoms with Crippen molar-refractivity contribution in [3.63, 3.8) is 0 Å². The standard InChI is InChI=1S/C8H13N3O2/c9-1-2-11-8(12)5-7-6-13-4-3-10-7/h7,10H,2-6H2,(H,11,12). The van der Waals surface area contributed by atoms with Crippen molar-refractivity contribution in [3.05, 3.63) is 0 Å². The van der Waals surface area contributed by atoms with E-state index < -0.39 is 0 Å². The van der Waals surface area contributed by atoms with E-state index in [2.05, 4.69) is 10.6 Å². The van der Waals surface area contributed by atoms with Gasteiger partial charge in [0.2, 0.25) is 5.91 Å². The van der Waals surface area contributed by atoms with Gasteiger partial charge < -0.3 is 15.4 Å². The van der Waals surface area contributed by atoms with Gasteiger partial charge in [-0.25, -0.2) is 0 Å². The Labute approximate surface area is 77.1 Å². The van der Waals surface area contributed by atoms with Crippen LogP contribution in [0.25, 0.3) is 0 Å². The van der Waals surface area contributed by atoms with Crippen LogP contribution in [0.1, 0.15) is 6.42 Å². The molecule has 0 radical (unpaired) electrons. The number of ether oxygens (including phenoxy) is 1. The summed E-state index contributed by atoms with van der Waals surface area (Å²) in [6, 6.07) is 1.94. The van der Waals surface area contributed by atoms with Gasteiger partial charge in [-0.1, -0.05) is 0 Å². The zero-order chi connectivity index (χ0) is 9.52. The molecule has 72 valence electrons. The monoisotopic (exact) mass is 183 g/mol. The summed E-state index contributed by atoms with van der Waals surface area (Å²) in [4.78, 5) is 11.1. The first-order valence-corrected chi connectivity index (χ1v) is 4.27. The lowest BCUT2D eigenvalue weighted by atomic mass is 10.2. The fourth-order valence-corrected chi connectivity index (χ4v) is 1.18. The van der Waals surface area contributed by atoms with Gasteiger partial charge >= 0.3 is 0 Å². The molecule has 1 unspecified atom stereocenters. The lowest BCUT2D eigenvalue weighted by molar-refractivity contribution is -0.122. The number of hydrogen-bond donors (Lipinski definition) is 2. The molecule has 1 aliphatic rings. The molecule has 5 heteroatoms. The second-order valence-corrected chi connectivity index (χ2v) is 2.86. The van der Waals surface area contributed by atoms with Gasteiger partial charge in [-0.15, -0.1) is 0 Å². The molecule has 2 N–H and O–H groups in total. The van der Waals surface area contributed by atoms with E-state index in [9.17, 15) is 4.79 Å². The number of morpholine rings is 1. The molecule has 1 aliphatic heterocycles. The van der Waals surface area contributed by atoms with Gasteiger partial charge in [0.15, 0.2) is 0 Å². The number of amides is 1. The van der Waals surface area contributed by atoms with Crippen LogP contribution in [0.5, 0.6) is 0 Å². The molecule has 5 nitrogen and oxygen atoms in total. The normalized spacial score (nSPS) is 21.9. The highest BCUT2D eigenvalue weighted by Crippen LogP contribution is 1.97. The van der Waals surface area contributed by atoms with Gasteiger partial charge in [-0.2, -0.15) is 5.26 Å². The van der Waals surface area contributed by atoms with Crippen molar-refractivity contribution in [1.82, 2.24) is 10.6 Å². The molecule has 1 fully saturated rings. The molecule has 0 aromatic carbocycles. The van der Waals surface area contributed by atoms with Crippen molar-refractivity contribution >= 4 is 5.91 Å². The van der Waals surface area contributed by atoms with Gasteiger partial charge in [0.05, 0.1) is 19.3 Å². The second-order valence-electron chi connectivity index (χ2n) is 2.86. The van der Waals surface area contributed by atoms with E-state index in [1.807, 2.05) is 6.07 Å². The zero-order valence-corrected chi connectivity index (χ0v) is 7.38. The first-order valence-electron chi connectivity index (χ1n) is 4.27. The molecular formula is C8H13N3O2. The maximum atomic E-state index is 11.1. The maximum absolute atomic E-state index is 11.1. The Morgan fingerprint density at radius 3 is 3.23 bits per heavy atom. The quantitative estimate of drug-likeness (QED) is 0.551. The first-order chi connectivity index (χ1) is 6.33. The molecule has 0 saturated carbocycles. The predicted octanol–water partition coefficient (Wildman–Crippen LogP) is -0.995. The second kappa shape index (κ2) is 5.51. The number of nitriles is 1. The van der Waals surface area contributed by atoms with Crippen LogP contribution in [0, 0.1) is 11.3 Å². The molecular weight excluding hydrogens is 170 g/mol. The molecule has 1 saturated heterocycles. The Bertz CT molecular complexity index is 206. The Morgan fingerprint density at radius 1 is 1.77 bits per heavy atom. The van der Waals surface area contributed by atoms with E-state index in [0.717, 1.165) is 6.54 Å². The highest BCUT2D eigenvalue weighted by molar-refractivity contribution is 5.76.